The number of sulfonamides is 1. The Bertz CT molecular complexity index is 948. The van der Waals surface area contributed by atoms with E-state index >= 15 is 0 Å². The van der Waals surface area contributed by atoms with Gasteiger partial charge in [0.2, 0.25) is 0 Å². The van der Waals surface area contributed by atoms with Gasteiger partial charge in [-0.3, -0.25) is 10.1 Å². The normalized spacial score (nSPS) is 30.9. The Kier molecular flexibility index (Phi) is 6.49. The number of imide groups is 1. The summed E-state index contributed by atoms with van der Waals surface area (Å²) in [4.78, 5) is 24.4. The highest BCUT2D eigenvalue weighted by atomic mass is 32.2. The van der Waals surface area contributed by atoms with Gasteiger partial charge in [-0.25, -0.2) is 18.6 Å². The SMILES string of the molecule is O=C1NC(=O)/C(=C/c2ccc(S(=O)(=O)NN[C@@H]3O[C@H](CO)[C@@H](O)[C@H](O)[C@H]3O)cc2)N1. The van der Waals surface area contributed by atoms with Gasteiger partial charge < -0.3 is 30.5 Å². The van der Waals surface area contributed by atoms with Gasteiger partial charge in [-0.2, -0.15) is 0 Å². The van der Waals surface area contributed by atoms with E-state index in [0.29, 0.717) is 5.56 Å². The predicted molar refractivity (Wildman–Crippen MR) is 98.3 cm³/mol. The summed E-state index contributed by atoms with van der Waals surface area (Å²) in [5.41, 5.74) is 2.66. The van der Waals surface area contributed by atoms with E-state index in [-0.39, 0.29) is 10.6 Å². The first-order valence-corrected chi connectivity index (χ1v) is 10.1. The Labute approximate surface area is 170 Å². The predicted octanol–water partition coefficient (Wildman–Crippen LogP) is -3.55. The van der Waals surface area contributed by atoms with Gasteiger partial charge in [-0.1, -0.05) is 12.1 Å². The zero-order valence-electron chi connectivity index (χ0n) is 15.2. The minimum atomic E-state index is -4.13. The third-order valence-electron chi connectivity index (χ3n) is 4.45. The van der Waals surface area contributed by atoms with E-state index in [9.17, 15) is 33.3 Å². The Morgan fingerprint density at radius 2 is 1.70 bits per heavy atom. The first-order chi connectivity index (χ1) is 14.1. The van der Waals surface area contributed by atoms with E-state index in [0.717, 1.165) is 0 Å². The van der Waals surface area contributed by atoms with Crippen LogP contribution in [0.1, 0.15) is 5.56 Å². The monoisotopic (exact) mass is 444 g/mol. The Morgan fingerprint density at radius 3 is 2.27 bits per heavy atom. The fourth-order valence-corrected chi connectivity index (χ4v) is 3.69. The molecule has 1 aromatic carbocycles. The Morgan fingerprint density at radius 1 is 1.03 bits per heavy atom. The average molecular weight is 444 g/mol. The molecular weight excluding hydrogens is 424 g/mol. The molecule has 14 heteroatoms. The van der Waals surface area contributed by atoms with Crippen molar-refractivity contribution in [2.45, 2.75) is 35.5 Å². The van der Waals surface area contributed by atoms with E-state index < -0.39 is 59.2 Å². The minimum absolute atomic E-state index is 0.0121. The lowest BCUT2D eigenvalue weighted by Crippen LogP contribution is -2.64. The van der Waals surface area contributed by atoms with Gasteiger partial charge in [0.25, 0.3) is 15.9 Å². The molecule has 0 unspecified atom stereocenters. The van der Waals surface area contributed by atoms with Gasteiger partial charge in [-0.05, 0) is 23.8 Å². The zero-order chi connectivity index (χ0) is 22.1. The first kappa shape index (κ1) is 22.3. The quantitative estimate of drug-likeness (QED) is 0.123. The molecular formula is C16H20N4O9S. The highest BCUT2D eigenvalue weighted by Crippen LogP contribution is 2.20. The number of nitrogens with one attached hydrogen (secondary N) is 4. The number of ether oxygens (including phenoxy) is 1. The van der Waals surface area contributed by atoms with Gasteiger partial charge >= 0.3 is 6.03 Å². The van der Waals surface area contributed by atoms with Crippen LogP contribution in [0.15, 0.2) is 34.9 Å². The van der Waals surface area contributed by atoms with Crippen LogP contribution in [0, 0.1) is 0 Å². The maximum atomic E-state index is 12.4. The summed E-state index contributed by atoms with van der Waals surface area (Å²) in [6.07, 6.45) is -6.20. The lowest BCUT2D eigenvalue weighted by atomic mass is 9.99. The van der Waals surface area contributed by atoms with Crippen LogP contribution in [-0.4, -0.2) is 78.0 Å². The topological polar surface area (TPSA) is 207 Å². The molecule has 1 aromatic rings. The number of hydrazine groups is 1. The molecule has 3 amide bonds. The summed E-state index contributed by atoms with van der Waals surface area (Å²) in [6.45, 7) is -0.661. The Hall–Kier alpha value is -2.43. The van der Waals surface area contributed by atoms with Crippen LogP contribution >= 0.6 is 0 Å². The summed E-state index contributed by atoms with van der Waals surface area (Å²) in [5.74, 6) is -0.609. The molecule has 30 heavy (non-hydrogen) atoms. The van der Waals surface area contributed by atoms with Crippen molar-refractivity contribution >= 4 is 28.0 Å². The molecule has 2 saturated heterocycles. The molecule has 13 nitrogen and oxygen atoms in total. The fraction of sp³-hybridized carbons (Fsp3) is 0.375. The van der Waals surface area contributed by atoms with Crippen LogP contribution in [0.25, 0.3) is 6.08 Å². The minimum Gasteiger partial charge on any atom is -0.394 e. The van der Waals surface area contributed by atoms with Crippen LogP contribution in [-0.2, 0) is 19.6 Å². The molecule has 164 valence electrons. The summed E-state index contributed by atoms with van der Waals surface area (Å²) >= 11 is 0. The smallest absolute Gasteiger partial charge is 0.326 e. The van der Waals surface area contributed by atoms with Crippen molar-refractivity contribution in [2.24, 2.45) is 0 Å². The van der Waals surface area contributed by atoms with E-state index in [1.165, 1.54) is 30.3 Å². The molecule has 8 N–H and O–H groups in total. The molecule has 5 atom stereocenters. The number of aliphatic hydroxyl groups is 4. The summed E-state index contributed by atoms with van der Waals surface area (Å²) < 4.78 is 30.0. The van der Waals surface area contributed by atoms with Crippen molar-refractivity contribution in [1.82, 2.24) is 20.9 Å². The van der Waals surface area contributed by atoms with Gasteiger partial charge in [0.1, 0.15) is 30.1 Å². The maximum absolute atomic E-state index is 12.4. The summed E-state index contributed by atoms with van der Waals surface area (Å²) in [6, 6.07) is 4.60. The molecule has 0 radical (unpaired) electrons. The number of benzene rings is 1. The van der Waals surface area contributed by atoms with Crippen molar-refractivity contribution in [3.05, 3.63) is 35.5 Å². The highest BCUT2D eigenvalue weighted by Gasteiger charge is 2.43. The maximum Gasteiger partial charge on any atom is 0.326 e. The summed E-state index contributed by atoms with van der Waals surface area (Å²) in [5, 5.41) is 42.9. The third-order valence-corrected chi connectivity index (χ3v) is 5.73. The molecule has 0 spiro atoms. The number of rotatable bonds is 6. The van der Waals surface area contributed by atoms with E-state index in [4.69, 9.17) is 9.84 Å². The lowest BCUT2D eigenvalue weighted by molar-refractivity contribution is -0.237. The van der Waals surface area contributed by atoms with Gasteiger partial charge in [0.15, 0.2) is 6.23 Å². The van der Waals surface area contributed by atoms with E-state index in [1.54, 1.807) is 0 Å². The molecule has 2 heterocycles. The number of hydrogen-bond donors (Lipinski definition) is 8. The first-order valence-electron chi connectivity index (χ1n) is 8.64. The van der Waals surface area contributed by atoms with Crippen molar-refractivity contribution in [3.8, 4) is 0 Å². The second-order valence-electron chi connectivity index (χ2n) is 6.53. The second-order valence-corrected chi connectivity index (χ2v) is 8.22. The number of aliphatic hydroxyl groups excluding tert-OH is 4. The van der Waals surface area contributed by atoms with Gasteiger partial charge in [0.05, 0.1) is 11.5 Å². The highest BCUT2D eigenvalue weighted by molar-refractivity contribution is 7.89. The molecule has 2 fully saturated rings. The van der Waals surface area contributed by atoms with Crippen molar-refractivity contribution in [1.29, 1.82) is 0 Å². The summed E-state index contributed by atoms with van der Waals surface area (Å²) in [7, 11) is -4.13. The number of carbonyl (C=O) groups is 2. The Balaban J connectivity index is 1.66. The number of urea groups is 1. The lowest BCUT2D eigenvalue weighted by Gasteiger charge is -2.40. The third kappa shape index (κ3) is 4.66. The molecule has 0 bridgehead atoms. The molecule has 2 aliphatic heterocycles. The zero-order valence-corrected chi connectivity index (χ0v) is 16.0. The van der Waals surface area contributed by atoms with Crippen LogP contribution in [0.3, 0.4) is 0 Å². The van der Waals surface area contributed by atoms with Crippen molar-refractivity contribution in [2.75, 3.05) is 6.61 Å². The number of carbonyl (C=O) groups excluding carboxylic acids is 2. The fourth-order valence-electron chi connectivity index (χ4n) is 2.81. The van der Waals surface area contributed by atoms with Crippen molar-refractivity contribution < 1.29 is 43.2 Å². The standard InChI is InChI=1S/C16H20N4O9S/c21-6-10-11(22)12(23)13(24)15(29-10)19-20-30(27,28)8-3-1-7(2-4-8)5-9-14(25)18-16(26)17-9/h1-5,10-13,15,19-24H,6H2,(H2,17,18,25,26)/b9-5-/t10-,11-,12+,13-,15-/m1/s1. The molecule has 0 saturated carbocycles. The van der Waals surface area contributed by atoms with Crippen molar-refractivity contribution in [3.63, 3.8) is 0 Å². The second kappa shape index (κ2) is 8.75. The van der Waals surface area contributed by atoms with E-state index in [2.05, 4.69) is 10.7 Å². The molecule has 0 aromatic heterocycles. The van der Waals surface area contributed by atoms with Crippen LogP contribution in [0.2, 0.25) is 0 Å². The van der Waals surface area contributed by atoms with Crippen LogP contribution in [0.4, 0.5) is 4.79 Å². The van der Waals surface area contributed by atoms with Crippen LogP contribution < -0.4 is 20.9 Å². The van der Waals surface area contributed by atoms with Gasteiger partial charge in [0, 0.05) is 0 Å². The largest absolute Gasteiger partial charge is 0.394 e. The van der Waals surface area contributed by atoms with Crippen LogP contribution in [0.5, 0.6) is 0 Å². The van der Waals surface area contributed by atoms with E-state index in [1.807, 2.05) is 10.1 Å². The molecule has 3 rings (SSSR count). The molecule has 0 aliphatic carbocycles. The van der Waals surface area contributed by atoms with Gasteiger partial charge in [-0.15, -0.1) is 4.83 Å². The molecule has 2 aliphatic rings. The number of hydrogen-bond acceptors (Lipinski definition) is 10. The number of amides is 3. The average Bonchev–Trinajstić information content (AvgIpc) is 3.03.